The molecular weight excluding hydrogens is 311 g/mol. The molecule has 0 radical (unpaired) electrons. The highest BCUT2D eigenvalue weighted by Gasteiger charge is 2.30. The van der Waals surface area contributed by atoms with Gasteiger partial charge in [-0.05, 0) is 25.3 Å². The summed E-state index contributed by atoms with van der Waals surface area (Å²) in [5.74, 6) is -0.145. The van der Waals surface area contributed by atoms with Crippen LogP contribution in [0.3, 0.4) is 0 Å². The highest BCUT2D eigenvalue weighted by molar-refractivity contribution is 5.79. The minimum absolute atomic E-state index is 0.0360. The lowest BCUT2D eigenvalue weighted by Crippen LogP contribution is -2.40. The van der Waals surface area contributed by atoms with E-state index >= 15 is 0 Å². The van der Waals surface area contributed by atoms with E-state index in [9.17, 15) is 9.18 Å². The van der Waals surface area contributed by atoms with Gasteiger partial charge in [-0.2, -0.15) is 4.98 Å². The Morgan fingerprint density at radius 1 is 1.42 bits per heavy atom. The lowest BCUT2D eigenvalue weighted by atomic mass is 9.85. The summed E-state index contributed by atoms with van der Waals surface area (Å²) >= 11 is 0. The number of nitrogens with zero attached hydrogens (tertiary/aromatic N) is 2. The van der Waals surface area contributed by atoms with E-state index in [0.717, 1.165) is 19.3 Å². The van der Waals surface area contributed by atoms with Gasteiger partial charge in [-0.1, -0.05) is 29.8 Å². The summed E-state index contributed by atoms with van der Waals surface area (Å²) < 4.78 is 19.2. The molecule has 0 spiro atoms. The van der Waals surface area contributed by atoms with Crippen molar-refractivity contribution in [1.29, 1.82) is 0 Å². The number of nitrogens with two attached hydrogens (primary N) is 1. The fraction of sp³-hybridized carbons (Fsp3) is 0.471. The Morgan fingerprint density at radius 2 is 2.21 bits per heavy atom. The van der Waals surface area contributed by atoms with E-state index in [0.29, 0.717) is 17.9 Å². The molecule has 1 fully saturated rings. The van der Waals surface area contributed by atoms with Gasteiger partial charge in [-0.15, -0.1) is 0 Å². The molecule has 2 aromatic rings. The van der Waals surface area contributed by atoms with Gasteiger partial charge in [0.05, 0.1) is 0 Å². The maximum atomic E-state index is 14.2. The number of aromatic nitrogens is 2. The van der Waals surface area contributed by atoms with Crippen LogP contribution in [0.25, 0.3) is 0 Å². The topological polar surface area (TPSA) is 94.0 Å². The standard InChI is InChI=1S/C17H21FN4O2/c1-10-20-16(22-24-10)15(13-7-2-3-8-14(13)18)21-17(23)11-5-4-6-12(19)9-11/h2-3,7-8,11-12,15H,4-6,9,19H2,1H3,(H,21,23)/t11-,12-,15+/m0/s1. The van der Waals surface area contributed by atoms with Crippen LogP contribution in [-0.4, -0.2) is 22.1 Å². The van der Waals surface area contributed by atoms with E-state index in [2.05, 4.69) is 15.5 Å². The molecule has 1 heterocycles. The number of carbonyl (C=O) groups excluding carboxylic acids is 1. The molecule has 128 valence electrons. The fourth-order valence-corrected chi connectivity index (χ4v) is 3.15. The summed E-state index contributed by atoms with van der Waals surface area (Å²) in [6.07, 6.45) is 3.28. The van der Waals surface area contributed by atoms with Crippen LogP contribution >= 0.6 is 0 Å². The summed E-state index contributed by atoms with van der Waals surface area (Å²) in [5.41, 5.74) is 6.28. The van der Waals surface area contributed by atoms with Crippen LogP contribution in [-0.2, 0) is 4.79 Å². The van der Waals surface area contributed by atoms with Crippen molar-refractivity contribution in [2.45, 2.75) is 44.7 Å². The Kier molecular flexibility index (Phi) is 4.89. The summed E-state index contributed by atoms with van der Waals surface area (Å²) in [7, 11) is 0. The lowest BCUT2D eigenvalue weighted by molar-refractivity contribution is -0.126. The van der Waals surface area contributed by atoms with E-state index in [-0.39, 0.29) is 23.7 Å². The van der Waals surface area contributed by atoms with Crippen LogP contribution in [0.5, 0.6) is 0 Å². The zero-order valence-corrected chi connectivity index (χ0v) is 13.5. The molecule has 1 saturated carbocycles. The molecule has 0 unspecified atom stereocenters. The van der Waals surface area contributed by atoms with Crippen molar-refractivity contribution in [3.8, 4) is 0 Å². The smallest absolute Gasteiger partial charge is 0.224 e. The van der Waals surface area contributed by atoms with Gasteiger partial charge in [-0.3, -0.25) is 4.79 Å². The molecule has 1 aliphatic rings. The van der Waals surface area contributed by atoms with Gasteiger partial charge in [0.25, 0.3) is 0 Å². The number of hydrogen-bond acceptors (Lipinski definition) is 5. The Bertz CT molecular complexity index is 718. The molecule has 1 aliphatic carbocycles. The molecule has 1 aromatic heterocycles. The largest absolute Gasteiger partial charge is 0.342 e. The molecule has 3 rings (SSSR count). The van der Waals surface area contributed by atoms with Crippen molar-refractivity contribution in [2.24, 2.45) is 11.7 Å². The second kappa shape index (κ2) is 7.09. The van der Waals surface area contributed by atoms with E-state index in [1.54, 1.807) is 25.1 Å². The van der Waals surface area contributed by atoms with Crippen LogP contribution < -0.4 is 11.1 Å². The van der Waals surface area contributed by atoms with E-state index in [1.807, 2.05) is 0 Å². The second-order valence-electron chi connectivity index (χ2n) is 6.26. The summed E-state index contributed by atoms with van der Waals surface area (Å²) in [5, 5.41) is 6.73. The van der Waals surface area contributed by atoms with Crippen molar-refractivity contribution < 1.29 is 13.7 Å². The predicted octanol–water partition coefficient (Wildman–Crippen LogP) is 2.24. The number of carbonyl (C=O) groups is 1. The molecule has 1 aromatic carbocycles. The Hall–Kier alpha value is -2.28. The SMILES string of the molecule is Cc1nc([C@H](NC(=O)[C@H]2CCC[C@H](N)C2)c2ccccc2F)no1. The van der Waals surface area contributed by atoms with E-state index in [4.69, 9.17) is 10.3 Å². The van der Waals surface area contributed by atoms with Crippen LogP contribution in [0.15, 0.2) is 28.8 Å². The number of aryl methyl sites for hydroxylation is 1. The second-order valence-corrected chi connectivity index (χ2v) is 6.26. The molecule has 6 nitrogen and oxygen atoms in total. The minimum atomic E-state index is -0.783. The first-order chi connectivity index (χ1) is 11.5. The maximum Gasteiger partial charge on any atom is 0.224 e. The zero-order valence-electron chi connectivity index (χ0n) is 13.5. The van der Waals surface area contributed by atoms with Gasteiger partial charge in [-0.25, -0.2) is 4.39 Å². The molecule has 3 atom stereocenters. The Labute approximate surface area is 139 Å². The van der Waals surface area contributed by atoms with Crippen molar-refractivity contribution in [1.82, 2.24) is 15.5 Å². The molecule has 0 bridgehead atoms. The molecule has 1 amide bonds. The Morgan fingerprint density at radius 3 is 2.88 bits per heavy atom. The van der Waals surface area contributed by atoms with Crippen molar-refractivity contribution in [2.75, 3.05) is 0 Å². The first-order valence-corrected chi connectivity index (χ1v) is 8.15. The van der Waals surface area contributed by atoms with Crippen molar-refractivity contribution >= 4 is 5.91 Å². The normalized spacial score (nSPS) is 22.1. The number of benzene rings is 1. The van der Waals surface area contributed by atoms with Gasteiger partial charge >= 0.3 is 0 Å². The third-order valence-corrected chi connectivity index (χ3v) is 4.39. The monoisotopic (exact) mass is 332 g/mol. The zero-order chi connectivity index (χ0) is 17.1. The Balaban J connectivity index is 1.85. The van der Waals surface area contributed by atoms with Crippen LogP contribution in [0, 0.1) is 18.7 Å². The maximum absolute atomic E-state index is 14.2. The predicted molar refractivity (Wildman–Crippen MR) is 85.4 cm³/mol. The lowest BCUT2D eigenvalue weighted by Gasteiger charge is -2.27. The highest BCUT2D eigenvalue weighted by Crippen LogP contribution is 2.27. The molecule has 3 N–H and O–H groups in total. The van der Waals surface area contributed by atoms with Gasteiger partial charge in [0, 0.05) is 24.4 Å². The van der Waals surface area contributed by atoms with Crippen LogP contribution in [0.4, 0.5) is 4.39 Å². The third kappa shape index (κ3) is 3.62. The average Bonchev–Trinajstić information content (AvgIpc) is 2.99. The number of amides is 1. The summed E-state index contributed by atoms with van der Waals surface area (Å²) in [6, 6.07) is 5.51. The molecule has 0 aliphatic heterocycles. The van der Waals surface area contributed by atoms with E-state index in [1.165, 1.54) is 6.07 Å². The van der Waals surface area contributed by atoms with Gasteiger partial charge in [0.1, 0.15) is 11.9 Å². The highest BCUT2D eigenvalue weighted by atomic mass is 19.1. The summed E-state index contributed by atoms with van der Waals surface area (Å²) in [4.78, 5) is 16.8. The quantitative estimate of drug-likeness (QED) is 0.895. The van der Waals surface area contributed by atoms with Crippen LogP contribution in [0.1, 0.15) is 49.0 Å². The molecule has 7 heteroatoms. The average molecular weight is 332 g/mol. The van der Waals surface area contributed by atoms with Crippen molar-refractivity contribution in [3.05, 3.63) is 47.4 Å². The van der Waals surface area contributed by atoms with Gasteiger partial charge in [0.2, 0.25) is 11.8 Å². The van der Waals surface area contributed by atoms with Crippen LogP contribution in [0.2, 0.25) is 0 Å². The summed E-state index contributed by atoms with van der Waals surface area (Å²) in [6.45, 7) is 1.65. The van der Waals surface area contributed by atoms with Crippen molar-refractivity contribution in [3.63, 3.8) is 0 Å². The fourth-order valence-electron chi connectivity index (χ4n) is 3.15. The van der Waals surface area contributed by atoms with Gasteiger partial charge < -0.3 is 15.6 Å². The van der Waals surface area contributed by atoms with Gasteiger partial charge in [0.15, 0.2) is 5.82 Å². The molecular formula is C17H21FN4O2. The third-order valence-electron chi connectivity index (χ3n) is 4.39. The minimum Gasteiger partial charge on any atom is -0.342 e. The number of nitrogens with one attached hydrogen (secondary N) is 1. The number of hydrogen-bond donors (Lipinski definition) is 2. The number of rotatable bonds is 4. The number of halogens is 1. The first-order valence-electron chi connectivity index (χ1n) is 8.15. The molecule has 24 heavy (non-hydrogen) atoms. The molecule has 0 saturated heterocycles. The van der Waals surface area contributed by atoms with E-state index < -0.39 is 11.9 Å². The first kappa shape index (κ1) is 16.6.